The average molecular weight is 504 g/mol. The number of halogens is 2. The van der Waals surface area contributed by atoms with Crippen LogP contribution in [0.15, 0.2) is 30.3 Å². The number of fused-ring (bicyclic) bond motifs is 1. The number of likely N-dealkylation sites (N-methyl/N-ethyl adjacent to an activating group) is 1. The zero-order chi connectivity index (χ0) is 26.4. The number of aromatic nitrogens is 4. The predicted molar refractivity (Wildman–Crippen MR) is 135 cm³/mol. The zero-order valence-electron chi connectivity index (χ0n) is 21.1. The van der Waals surface area contributed by atoms with Crippen molar-refractivity contribution in [3.05, 3.63) is 64.6 Å². The Morgan fingerprint density at radius 2 is 2.00 bits per heavy atom. The van der Waals surface area contributed by atoms with E-state index in [0.29, 0.717) is 46.8 Å². The number of carbonyl (C=O) groups is 1. The molecule has 37 heavy (non-hydrogen) atoms. The summed E-state index contributed by atoms with van der Waals surface area (Å²) in [6.45, 7) is 4.80. The number of imidazole rings is 1. The van der Waals surface area contributed by atoms with Crippen molar-refractivity contribution in [1.29, 1.82) is 5.26 Å². The molecule has 1 saturated heterocycles. The van der Waals surface area contributed by atoms with Crippen LogP contribution in [-0.4, -0.2) is 56.3 Å². The smallest absolute Gasteiger partial charge is 0.274 e. The van der Waals surface area contributed by atoms with Gasteiger partial charge in [-0.3, -0.25) is 9.36 Å². The molecule has 1 fully saturated rings. The van der Waals surface area contributed by atoms with Crippen LogP contribution in [0.3, 0.4) is 0 Å². The van der Waals surface area contributed by atoms with Crippen molar-refractivity contribution in [2.45, 2.75) is 32.7 Å². The highest BCUT2D eigenvalue weighted by molar-refractivity contribution is 5.95. The van der Waals surface area contributed by atoms with E-state index in [1.807, 2.05) is 26.1 Å². The number of likely N-dealkylation sites (tertiary alicyclic amines) is 1. The molecule has 0 spiro atoms. The summed E-state index contributed by atoms with van der Waals surface area (Å²) in [5.74, 6) is -1.05. The Morgan fingerprint density at radius 1 is 1.22 bits per heavy atom. The van der Waals surface area contributed by atoms with Crippen LogP contribution in [0.2, 0.25) is 0 Å². The summed E-state index contributed by atoms with van der Waals surface area (Å²) >= 11 is 0. The number of nitriles is 1. The van der Waals surface area contributed by atoms with Crippen LogP contribution in [0.5, 0.6) is 0 Å². The third kappa shape index (κ3) is 4.15. The SMILES string of the molecule is CN[C@H]1CCCN(C(=O)c2nc(-c3ccc(C#N)c(F)c3)n(-c3cc(C)c4nn(C)c(F)c4c3)c2C)C1. The molecule has 8 nitrogen and oxygen atoms in total. The lowest BCUT2D eigenvalue weighted by Crippen LogP contribution is -2.47. The molecule has 0 saturated carbocycles. The lowest BCUT2D eigenvalue weighted by molar-refractivity contribution is 0.0692. The second-order valence-corrected chi connectivity index (χ2v) is 9.46. The van der Waals surface area contributed by atoms with Gasteiger partial charge in [-0.2, -0.15) is 14.8 Å². The second-order valence-electron chi connectivity index (χ2n) is 9.46. The van der Waals surface area contributed by atoms with Gasteiger partial charge in [-0.05, 0) is 69.6 Å². The molecule has 3 heterocycles. The van der Waals surface area contributed by atoms with Crippen LogP contribution in [0.4, 0.5) is 8.78 Å². The maximum absolute atomic E-state index is 14.9. The maximum Gasteiger partial charge on any atom is 0.274 e. The van der Waals surface area contributed by atoms with E-state index in [1.54, 1.807) is 28.5 Å². The van der Waals surface area contributed by atoms with Gasteiger partial charge >= 0.3 is 0 Å². The fourth-order valence-electron chi connectivity index (χ4n) is 5.05. The minimum absolute atomic E-state index is 0.0870. The van der Waals surface area contributed by atoms with Crippen LogP contribution in [0.25, 0.3) is 28.0 Å². The number of piperidine rings is 1. The van der Waals surface area contributed by atoms with Crippen molar-refractivity contribution in [2.75, 3.05) is 20.1 Å². The van der Waals surface area contributed by atoms with Crippen LogP contribution < -0.4 is 5.32 Å². The van der Waals surface area contributed by atoms with Gasteiger partial charge in [0.25, 0.3) is 5.91 Å². The van der Waals surface area contributed by atoms with Crippen molar-refractivity contribution in [3.63, 3.8) is 0 Å². The molecule has 0 unspecified atom stereocenters. The van der Waals surface area contributed by atoms with Crippen molar-refractivity contribution in [2.24, 2.45) is 7.05 Å². The molecular formula is C27H27F2N7O. The number of nitrogens with one attached hydrogen (secondary N) is 1. The molecule has 1 aliphatic rings. The molecule has 1 atom stereocenters. The van der Waals surface area contributed by atoms with Crippen molar-refractivity contribution >= 4 is 16.8 Å². The Morgan fingerprint density at radius 3 is 2.70 bits per heavy atom. The third-order valence-corrected chi connectivity index (χ3v) is 7.07. The first-order valence-corrected chi connectivity index (χ1v) is 12.1. The van der Waals surface area contributed by atoms with Gasteiger partial charge in [0, 0.05) is 37.4 Å². The van der Waals surface area contributed by atoms with Gasteiger partial charge in [-0.15, -0.1) is 0 Å². The van der Waals surface area contributed by atoms with Crippen molar-refractivity contribution in [1.82, 2.24) is 29.5 Å². The zero-order valence-corrected chi connectivity index (χ0v) is 21.1. The maximum atomic E-state index is 14.9. The van der Waals surface area contributed by atoms with E-state index in [-0.39, 0.29) is 23.2 Å². The van der Waals surface area contributed by atoms with E-state index < -0.39 is 11.8 Å². The summed E-state index contributed by atoms with van der Waals surface area (Å²) in [6.07, 6.45) is 1.86. The summed E-state index contributed by atoms with van der Waals surface area (Å²) in [7, 11) is 3.42. The first kappa shape index (κ1) is 24.6. The minimum Gasteiger partial charge on any atom is -0.336 e. The number of hydrogen-bond donors (Lipinski definition) is 1. The number of nitrogens with zero attached hydrogens (tertiary/aromatic N) is 6. The van der Waals surface area contributed by atoms with Gasteiger partial charge in [0.15, 0.2) is 0 Å². The van der Waals surface area contributed by atoms with Crippen LogP contribution in [0.1, 0.15) is 40.2 Å². The number of aryl methyl sites for hydroxylation is 2. The van der Waals surface area contributed by atoms with Gasteiger partial charge in [-0.25, -0.2) is 14.1 Å². The quantitative estimate of drug-likeness (QED) is 0.454. The number of benzene rings is 2. The Kier molecular flexibility index (Phi) is 6.25. The summed E-state index contributed by atoms with van der Waals surface area (Å²) in [5.41, 5.74) is 2.98. The summed E-state index contributed by atoms with van der Waals surface area (Å²) in [5, 5.41) is 17.0. The molecule has 0 bridgehead atoms. The van der Waals surface area contributed by atoms with Crippen LogP contribution in [-0.2, 0) is 7.05 Å². The average Bonchev–Trinajstić information content (AvgIpc) is 3.39. The topological polar surface area (TPSA) is 91.8 Å². The first-order chi connectivity index (χ1) is 17.7. The monoisotopic (exact) mass is 503 g/mol. The Hall–Kier alpha value is -4.10. The minimum atomic E-state index is -0.682. The standard InChI is InChI=1S/C27H27F2N7O/c1-15-10-20(12-21-23(15)33-34(4)25(21)29)36-16(2)24(27(37)35-9-5-6-19(14-35)31-3)32-26(36)17-7-8-18(13-30)22(28)11-17/h7-8,10-12,19,31H,5-6,9,14H2,1-4H3/t19-/m0/s1. The molecular weight excluding hydrogens is 476 g/mol. The fraction of sp³-hybridized carbons (Fsp3) is 0.333. The normalized spacial score (nSPS) is 15.8. The van der Waals surface area contributed by atoms with Gasteiger partial charge in [0.05, 0.1) is 22.2 Å². The largest absolute Gasteiger partial charge is 0.336 e. The second kappa shape index (κ2) is 9.41. The van der Waals surface area contributed by atoms with E-state index in [0.717, 1.165) is 18.4 Å². The molecule has 5 rings (SSSR count). The van der Waals surface area contributed by atoms with Gasteiger partial charge < -0.3 is 10.2 Å². The van der Waals surface area contributed by atoms with Gasteiger partial charge in [0.2, 0.25) is 5.95 Å². The molecule has 4 aromatic rings. The molecule has 10 heteroatoms. The van der Waals surface area contributed by atoms with E-state index in [4.69, 9.17) is 10.2 Å². The highest BCUT2D eigenvalue weighted by Gasteiger charge is 2.29. The molecule has 1 N–H and O–H groups in total. The molecule has 190 valence electrons. The lowest BCUT2D eigenvalue weighted by atomic mass is 10.1. The Balaban J connectivity index is 1.71. The molecule has 0 radical (unpaired) electrons. The van der Waals surface area contributed by atoms with Crippen LogP contribution in [0, 0.1) is 36.9 Å². The molecule has 2 aromatic carbocycles. The fourth-order valence-corrected chi connectivity index (χ4v) is 5.05. The van der Waals surface area contributed by atoms with Crippen molar-refractivity contribution in [3.8, 4) is 23.1 Å². The third-order valence-electron chi connectivity index (χ3n) is 7.07. The molecule has 0 aliphatic carbocycles. The summed E-state index contributed by atoms with van der Waals surface area (Å²) in [6, 6.07) is 9.75. The summed E-state index contributed by atoms with van der Waals surface area (Å²) < 4.78 is 32.4. The summed E-state index contributed by atoms with van der Waals surface area (Å²) in [4.78, 5) is 20.1. The highest BCUT2D eigenvalue weighted by atomic mass is 19.1. The molecule has 1 aliphatic heterocycles. The molecule has 1 amide bonds. The Labute approximate surface area is 213 Å². The van der Waals surface area contributed by atoms with Gasteiger partial charge in [-0.1, -0.05) is 0 Å². The molecule has 2 aromatic heterocycles. The Bertz CT molecular complexity index is 1580. The first-order valence-electron chi connectivity index (χ1n) is 12.1. The van der Waals surface area contributed by atoms with Crippen molar-refractivity contribution < 1.29 is 13.6 Å². The van der Waals surface area contributed by atoms with E-state index in [9.17, 15) is 13.6 Å². The number of rotatable bonds is 4. The van der Waals surface area contributed by atoms with Gasteiger partial charge in [0.1, 0.15) is 23.4 Å². The highest BCUT2D eigenvalue weighted by Crippen LogP contribution is 2.32. The number of amides is 1. The number of hydrogen-bond acceptors (Lipinski definition) is 5. The van der Waals surface area contributed by atoms with E-state index in [2.05, 4.69) is 10.4 Å². The van der Waals surface area contributed by atoms with E-state index in [1.165, 1.54) is 23.9 Å². The van der Waals surface area contributed by atoms with Crippen LogP contribution >= 0.6 is 0 Å². The predicted octanol–water partition coefficient (Wildman–Crippen LogP) is 4.02. The van der Waals surface area contributed by atoms with E-state index >= 15 is 0 Å². The lowest BCUT2D eigenvalue weighted by Gasteiger charge is -2.32. The number of carbonyl (C=O) groups excluding carboxylic acids is 1.